The molecule has 0 amide bonds. The Bertz CT molecular complexity index is 921. The quantitative estimate of drug-likeness (QED) is 0.313. The normalized spacial score (nSPS) is 12.6. The Hall–Kier alpha value is -1.40. The minimum absolute atomic E-state index is 0.0322. The summed E-state index contributed by atoms with van der Waals surface area (Å²) in [5.41, 5.74) is 10.7. The van der Waals surface area contributed by atoms with Crippen LogP contribution in [0.25, 0.3) is 0 Å². The molecule has 2 rings (SSSR count). The third kappa shape index (κ3) is 5.02. The van der Waals surface area contributed by atoms with Gasteiger partial charge in [0.05, 0.1) is 11.6 Å². The smallest absolute Gasteiger partial charge is 0.267 e. The third-order valence-corrected chi connectivity index (χ3v) is 7.33. The van der Waals surface area contributed by atoms with Crippen LogP contribution < -0.4 is 15.6 Å². The van der Waals surface area contributed by atoms with Gasteiger partial charge in [-0.2, -0.15) is 0 Å². The molecule has 2 aromatic rings. The van der Waals surface area contributed by atoms with Crippen molar-refractivity contribution in [1.29, 1.82) is 0 Å². The number of hydrogen-bond donors (Lipinski definition) is 2. The molecule has 0 saturated heterocycles. The highest BCUT2D eigenvalue weighted by atomic mass is 79.9. The van der Waals surface area contributed by atoms with Crippen LogP contribution in [0, 0.1) is 0 Å². The van der Waals surface area contributed by atoms with Gasteiger partial charge < -0.3 is 10.5 Å². The Morgan fingerprint density at radius 3 is 2.14 bits per heavy atom. The SMILES string of the molecule is CCC(C)(C)c1cc(N=[NH+]c2c(Br)ccc(Br)c2N)c(OC)c(C(C)(C)CC)c1. The number of nitrogen functional groups attached to an aromatic ring is 1. The van der Waals surface area contributed by atoms with Crippen LogP contribution in [0.1, 0.15) is 65.5 Å². The number of rotatable bonds is 7. The molecule has 0 heterocycles. The summed E-state index contributed by atoms with van der Waals surface area (Å²) in [5, 5.41) is 7.87. The van der Waals surface area contributed by atoms with E-state index in [4.69, 9.17) is 15.6 Å². The second-order valence-corrected chi connectivity index (χ2v) is 10.3. The van der Waals surface area contributed by atoms with Gasteiger partial charge in [-0.3, -0.25) is 0 Å². The van der Waals surface area contributed by atoms with Gasteiger partial charge in [0.2, 0.25) is 0 Å². The Balaban J connectivity index is 2.75. The highest BCUT2D eigenvalue weighted by molar-refractivity contribution is 9.11. The number of anilines is 1. The molecule has 0 aliphatic heterocycles. The second-order valence-electron chi connectivity index (χ2n) is 8.59. The standard InChI is InChI=1S/C23H31Br2N3O/c1-8-22(3,4)14-12-15(23(5,6)9-2)21(29-7)18(13-14)27-28-20-17(25)11-10-16(24)19(20)26/h10-13H,8-9,26H2,1-7H3/p+1. The van der Waals surface area contributed by atoms with Crippen molar-refractivity contribution in [2.45, 2.75) is 65.2 Å². The van der Waals surface area contributed by atoms with E-state index < -0.39 is 0 Å². The maximum Gasteiger partial charge on any atom is 0.267 e. The number of azo groups is 1. The van der Waals surface area contributed by atoms with Crippen LogP contribution in [0.2, 0.25) is 0 Å². The zero-order valence-electron chi connectivity index (χ0n) is 18.4. The molecular weight excluding hydrogens is 494 g/mol. The summed E-state index contributed by atoms with van der Waals surface area (Å²) in [5.74, 6) is 0.796. The predicted molar refractivity (Wildman–Crippen MR) is 129 cm³/mol. The highest BCUT2D eigenvalue weighted by Crippen LogP contribution is 2.44. The van der Waals surface area contributed by atoms with Crippen LogP contribution in [0.15, 0.2) is 38.3 Å². The molecule has 0 saturated carbocycles. The summed E-state index contributed by atoms with van der Waals surface area (Å²) in [6, 6.07) is 8.23. The molecule has 29 heavy (non-hydrogen) atoms. The van der Waals surface area contributed by atoms with E-state index in [9.17, 15) is 0 Å². The monoisotopic (exact) mass is 524 g/mol. The number of halogens is 2. The van der Waals surface area contributed by atoms with Crippen molar-refractivity contribution in [2.24, 2.45) is 5.11 Å². The number of methoxy groups -OCH3 is 1. The molecule has 0 aromatic heterocycles. The van der Waals surface area contributed by atoms with E-state index in [1.165, 1.54) is 11.1 Å². The minimum atomic E-state index is -0.0369. The first kappa shape index (κ1) is 23.9. The van der Waals surface area contributed by atoms with Crippen molar-refractivity contribution < 1.29 is 9.85 Å². The summed E-state index contributed by atoms with van der Waals surface area (Å²) >= 11 is 7.03. The van der Waals surface area contributed by atoms with Crippen LogP contribution >= 0.6 is 31.9 Å². The Morgan fingerprint density at radius 1 is 1.00 bits per heavy atom. The van der Waals surface area contributed by atoms with Crippen LogP contribution in [-0.2, 0) is 10.8 Å². The zero-order valence-corrected chi connectivity index (χ0v) is 21.6. The number of ether oxygens (including phenoxy) is 1. The Labute approximate surface area is 191 Å². The van der Waals surface area contributed by atoms with E-state index in [0.717, 1.165) is 38.9 Å². The van der Waals surface area contributed by atoms with Gasteiger partial charge >= 0.3 is 0 Å². The number of nitrogens with two attached hydrogens (primary N) is 1. The molecule has 0 unspecified atom stereocenters. The van der Waals surface area contributed by atoms with E-state index in [1.54, 1.807) is 7.11 Å². The fourth-order valence-electron chi connectivity index (χ4n) is 3.00. The topological polar surface area (TPSA) is 61.6 Å². The summed E-state index contributed by atoms with van der Waals surface area (Å²) in [6.45, 7) is 13.4. The first-order valence-corrected chi connectivity index (χ1v) is 11.5. The summed E-state index contributed by atoms with van der Waals surface area (Å²) in [4.78, 5) is 0. The van der Waals surface area contributed by atoms with Gasteiger partial charge in [-0.15, -0.1) is 0 Å². The maximum atomic E-state index is 6.23. The second kappa shape index (κ2) is 9.17. The van der Waals surface area contributed by atoms with E-state index in [1.807, 2.05) is 12.1 Å². The minimum Gasteiger partial charge on any atom is -0.494 e. The maximum absolute atomic E-state index is 6.23. The van der Waals surface area contributed by atoms with Gasteiger partial charge in [0, 0.05) is 15.2 Å². The molecular formula is C23H32Br2N3O+. The zero-order chi connectivity index (χ0) is 22.0. The van der Waals surface area contributed by atoms with E-state index in [0.29, 0.717) is 5.69 Å². The van der Waals surface area contributed by atoms with E-state index in [2.05, 4.69) is 90.6 Å². The number of nitrogens with one attached hydrogen (secondary N) is 1. The van der Waals surface area contributed by atoms with Crippen molar-refractivity contribution in [3.63, 3.8) is 0 Å². The van der Waals surface area contributed by atoms with Crippen LogP contribution in [-0.4, -0.2) is 7.11 Å². The van der Waals surface area contributed by atoms with Gasteiger partial charge in [-0.05, 0) is 79.3 Å². The summed E-state index contributed by atoms with van der Waals surface area (Å²) in [6.07, 6.45) is 2.03. The van der Waals surface area contributed by atoms with Gasteiger partial charge in [0.25, 0.3) is 5.69 Å². The number of hydrogen-bond acceptors (Lipinski definition) is 3. The first-order chi connectivity index (χ1) is 13.5. The lowest BCUT2D eigenvalue weighted by Gasteiger charge is -2.30. The van der Waals surface area contributed by atoms with Crippen molar-refractivity contribution in [3.8, 4) is 5.75 Å². The largest absolute Gasteiger partial charge is 0.494 e. The van der Waals surface area contributed by atoms with Gasteiger partial charge in [-0.1, -0.05) is 52.7 Å². The molecule has 0 aliphatic carbocycles. The van der Waals surface area contributed by atoms with Crippen LogP contribution in [0.4, 0.5) is 17.1 Å². The first-order valence-electron chi connectivity index (χ1n) is 9.91. The van der Waals surface area contributed by atoms with Crippen molar-refractivity contribution >= 4 is 48.9 Å². The summed E-state index contributed by atoms with van der Waals surface area (Å²) in [7, 11) is 1.71. The fraction of sp³-hybridized carbons (Fsp3) is 0.478. The molecule has 0 bridgehead atoms. The van der Waals surface area contributed by atoms with Crippen molar-refractivity contribution in [2.75, 3.05) is 12.8 Å². The van der Waals surface area contributed by atoms with Crippen LogP contribution in [0.5, 0.6) is 5.75 Å². The lowest BCUT2D eigenvalue weighted by Crippen LogP contribution is -2.58. The van der Waals surface area contributed by atoms with Crippen molar-refractivity contribution in [3.05, 3.63) is 44.3 Å². The number of benzene rings is 2. The third-order valence-electron chi connectivity index (χ3n) is 5.98. The molecule has 3 N–H and O–H groups in total. The van der Waals surface area contributed by atoms with Crippen LogP contribution in [0.3, 0.4) is 0 Å². The molecule has 0 aliphatic rings. The van der Waals surface area contributed by atoms with E-state index in [-0.39, 0.29) is 10.8 Å². The molecule has 2 aromatic carbocycles. The van der Waals surface area contributed by atoms with Crippen molar-refractivity contribution in [1.82, 2.24) is 0 Å². The number of nitrogens with zero attached hydrogens (tertiary/aromatic N) is 1. The Kier molecular flexibility index (Phi) is 7.55. The lowest BCUT2D eigenvalue weighted by atomic mass is 9.76. The molecule has 158 valence electrons. The Morgan fingerprint density at radius 2 is 1.59 bits per heavy atom. The lowest BCUT2D eigenvalue weighted by molar-refractivity contribution is -0.433. The molecule has 6 heteroatoms. The molecule has 4 nitrogen and oxygen atoms in total. The summed E-state index contributed by atoms with van der Waals surface area (Å²) < 4.78 is 7.52. The van der Waals surface area contributed by atoms with Gasteiger partial charge in [0.1, 0.15) is 5.69 Å². The average Bonchev–Trinajstić information content (AvgIpc) is 2.70. The highest BCUT2D eigenvalue weighted by Gasteiger charge is 2.29. The van der Waals surface area contributed by atoms with Gasteiger partial charge in [-0.25, -0.2) is 0 Å². The fourth-order valence-corrected chi connectivity index (χ4v) is 3.76. The molecule has 0 atom stereocenters. The molecule has 0 fully saturated rings. The molecule has 0 spiro atoms. The molecule has 0 radical (unpaired) electrons. The average molecular weight is 526 g/mol. The van der Waals surface area contributed by atoms with Gasteiger partial charge in [0.15, 0.2) is 11.4 Å². The van der Waals surface area contributed by atoms with E-state index >= 15 is 0 Å². The predicted octanol–water partition coefficient (Wildman–Crippen LogP) is 6.67.